The first-order chi connectivity index (χ1) is 8.08. The summed E-state index contributed by atoms with van der Waals surface area (Å²) in [6.45, 7) is 2.34. The summed E-state index contributed by atoms with van der Waals surface area (Å²) in [5, 5.41) is 2.76. The Balaban J connectivity index is 2.69. The predicted molar refractivity (Wildman–Crippen MR) is 66.2 cm³/mol. The fourth-order valence-electron chi connectivity index (χ4n) is 1.27. The maximum absolute atomic E-state index is 11.8. The van der Waals surface area contributed by atoms with Crippen LogP contribution in [0, 0.1) is 0 Å². The summed E-state index contributed by atoms with van der Waals surface area (Å²) in [5.41, 5.74) is 6.69. The summed E-state index contributed by atoms with van der Waals surface area (Å²) in [6.07, 6.45) is -0.0189. The van der Waals surface area contributed by atoms with E-state index in [1.807, 2.05) is 6.92 Å². The number of methoxy groups -OCH3 is 2. The second-order valence-electron chi connectivity index (χ2n) is 3.71. The van der Waals surface area contributed by atoms with E-state index in [1.165, 1.54) is 7.11 Å². The second kappa shape index (κ2) is 6.10. The van der Waals surface area contributed by atoms with Gasteiger partial charge in [-0.1, -0.05) is 0 Å². The molecule has 0 spiro atoms. The second-order valence-corrected chi connectivity index (χ2v) is 3.71. The Morgan fingerprint density at radius 3 is 2.76 bits per heavy atom. The summed E-state index contributed by atoms with van der Waals surface area (Å²) in [5.74, 6) is 0.324. The Kier molecular flexibility index (Phi) is 4.78. The third-order valence-electron chi connectivity index (χ3n) is 2.45. The van der Waals surface area contributed by atoms with Gasteiger partial charge in [-0.05, 0) is 25.1 Å². The van der Waals surface area contributed by atoms with E-state index in [0.29, 0.717) is 23.5 Å². The molecule has 0 bridgehead atoms. The fourth-order valence-corrected chi connectivity index (χ4v) is 1.27. The zero-order valence-electron chi connectivity index (χ0n) is 10.3. The van der Waals surface area contributed by atoms with E-state index in [-0.39, 0.29) is 12.0 Å². The molecule has 0 radical (unpaired) electrons. The van der Waals surface area contributed by atoms with E-state index >= 15 is 0 Å². The van der Waals surface area contributed by atoms with Crippen molar-refractivity contribution in [1.29, 1.82) is 0 Å². The van der Waals surface area contributed by atoms with Gasteiger partial charge in [0.25, 0.3) is 5.91 Å². The number of hydrogen-bond acceptors (Lipinski definition) is 4. The minimum Gasteiger partial charge on any atom is -0.495 e. The van der Waals surface area contributed by atoms with Crippen LogP contribution in [0.25, 0.3) is 0 Å². The van der Waals surface area contributed by atoms with Gasteiger partial charge in [-0.25, -0.2) is 0 Å². The van der Waals surface area contributed by atoms with E-state index < -0.39 is 0 Å². The van der Waals surface area contributed by atoms with Crippen LogP contribution in [0.1, 0.15) is 17.3 Å². The average Bonchev–Trinajstić information content (AvgIpc) is 2.35. The highest BCUT2D eigenvalue weighted by molar-refractivity contribution is 5.95. The fraction of sp³-hybridized carbons (Fsp3) is 0.417. The molecule has 17 heavy (non-hydrogen) atoms. The van der Waals surface area contributed by atoms with Gasteiger partial charge in [-0.3, -0.25) is 4.79 Å². The van der Waals surface area contributed by atoms with E-state index in [9.17, 15) is 4.79 Å². The highest BCUT2D eigenvalue weighted by Gasteiger charge is 2.09. The first kappa shape index (κ1) is 13.3. The van der Waals surface area contributed by atoms with Gasteiger partial charge in [0.2, 0.25) is 0 Å². The lowest BCUT2D eigenvalue weighted by molar-refractivity contribution is 0.0870. The number of carbonyl (C=O) groups is 1. The van der Waals surface area contributed by atoms with Crippen LogP contribution in [-0.2, 0) is 4.74 Å². The van der Waals surface area contributed by atoms with E-state index in [2.05, 4.69) is 5.32 Å². The van der Waals surface area contributed by atoms with E-state index in [1.54, 1.807) is 25.3 Å². The lowest BCUT2D eigenvalue weighted by atomic mass is 10.1. The molecule has 1 amide bonds. The van der Waals surface area contributed by atoms with Gasteiger partial charge >= 0.3 is 0 Å². The summed E-state index contributed by atoms with van der Waals surface area (Å²) < 4.78 is 10.1. The maximum atomic E-state index is 11.8. The molecular weight excluding hydrogens is 220 g/mol. The molecule has 0 fully saturated rings. The molecule has 0 saturated heterocycles. The number of hydrogen-bond donors (Lipinski definition) is 2. The third-order valence-corrected chi connectivity index (χ3v) is 2.45. The summed E-state index contributed by atoms with van der Waals surface area (Å²) in [7, 11) is 3.11. The Morgan fingerprint density at radius 2 is 2.18 bits per heavy atom. The molecule has 0 aliphatic heterocycles. The minimum absolute atomic E-state index is 0.0189. The van der Waals surface area contributed by atoms with Crippen molar-refractivity contribution in [3.05, 3.63) is 23.8 Å². The Bertz CT molecular complexity index is 393. The average molecular weight is 238 g/mol. The van der Waals surface area contributed by atoms with Gasteiger partial charge in [0, 0.05) is 19.2 Å². The van der Waals surface area contributed by atoms with Crippen molar-refractivity contribution in [1.82, 2.24) is 5.32 Å². The smallest absolute Gasteiger partial charge is 0.251 e. The summed E-state index contributed by atoms with van der Waals surface area (Å²) in [4.78, 5) is 11.8. The van der Waals surface area contributed by atoms with Crippen LogP contribution in [0.2, 0.25) is 0 Å². The van der Waals surface area contributed by atoms with Gasteiger partial charge in [0.05, 0.1) is 18.9 Å². The molecule has 0 aromatic heterocycles. The van der Waals surface area contributed by atoms with Gasteiger partial charge in [0.15, 0.2) is 0 Å². The van der Waals surface area contributed by atoms with Crippen LogP contribution in [0.3, 0.4) is 0 Å². The summed E-state index contributed by atoms with van der Waals surface area (Å²) >= 11 is 0. The van der Waals surface area contributed by atoms with Crippen molar-refractivity contribution in [3.8, 4) is 5.75 Å². The summed E-state index contributed by atoms with van der Waals surface area (Å²) in [6, 6.07) is 4.92. The zero-order valence-corrected chi connectivity index (χ0v) is 10.3. The molecule has 5 nitrogen and oxygen atoms in total. The first-order valence-electron chi connectivity index (χ1n) is 5.33. The van der Waals surface area contributed by atoms with Crippen molar-refractivity contribution in [2.75, 3.05) is 26.5 Å². The van der Waals surface area contributed by atoms with Gasteiger partial charge in [0.1, 0.15) is 5.75 Å². The van der Waals surface area contributed by atoms with Crippen LogP contribution < -0.4 is 15.8 Å². The van der Waals surface area contributed by atoms with Crippen LogP contribution in [-0.4, -0.2) is 32.8 Å². The number of anilines is 1. The molecule has 0 aliphatic rings. The molecule has 1 rings (SSSR count). The lowest BCUT2D eigenvalue weighted by Crippen LogP contribution is -2.31. The molecule has 1 atom stereocenters. The molecule has 1 aromatic carbocycles. The molecular formula is C12H18N2O3. The van der Waals surface area contributed by atoms with E-state index in [0.717, 1.165) is 0 Å². The van der Waals surface area contributed by atoms with Crippen LogP contribution >= 0.6 is 0 Å². The SMILES string of the molecule is COc1cc(C(=O)NCC(C)OC)ccc1N. The van der Waals surface area contributed by atoms with Gasteiger partial charge in [-0.15, -0.1) is 0 Å². The number of nitrogen functional groups attached to an aromatic ring is 1. The largest absolute Gasteiger partial charge is 0.495 e. The van der Waals surface area contributed by atoms with Crippen molar-refractivity contribution in [2.45, 2.75) is 13.0 Å². The normalized spacial score (nSPS) is 11.9. The Morgan fingerprint density at radius 1 is 1.47 bits per heavy atom. The van der Waals surface area contributed by atoms with Gasteiger partial charge < -0.3 is 20.5 Å². The number of carbonyl (C=O) groups excluding carboxylic acids is 1. The minimum atomic E-state index is -0.174. The number of benzene rings is 1. The van der Waals surface area contributed by atoms with Crippen molar-refractivity contribution < 1.29 is 14.3 Å². The predicted octanol–water partition coefficient (Wildman–Crippen LogP) is 1.04. The quantitative estimate of drug-likeness (QED) is 0.752. The third kappa shape index (κ3) is 3.64. The molecule has 1 unspecified atom stereocenters. The number of nitrogens with one attached hydrogen (secondary N) is 1. The lowest BCUT2D eigenvalue weighted by Gasteiger charge is -2.11. The van der Waals surface area contributed by atoms with E-state index in [4.69, 9.17) is 15.2 Å². The number of rotatable bonds is 5. The molecule has 3 N–H and O–H groups in total. The molecule has 0 saturated carbocycles. The first-order valence-corrected chi connectivity index (χ1v) is 5.33. The maximum Gasteiger partial charge on any atom is 0.251 e. The van der Waals surface area contributed by atoms with Crippen LogP contribution in [0.15, 0.2) is 18.2 Å². The highest BCUT2D eigenvalue weighted by Crippen LogP contribution is 2.21. The Hall–Kier alpha value is -1.75. The van der Waals surface area contributed by atoms with Crippen LogP contribution in [0.5, 0.6) is 5.75 Å². The molecule has 5 heteroatoms. The molecule has 1 aromatic rings. The van der Waals surface area contributed by atoms with Crippen molar-refractivity contribution in [2.24, 2.45) is 0 Å². The Labute approximate surface area is 101 Å². The molecule has 0 heterocycles. The topological polar surface area (TPSA) is 73.6 Å². The highest BCUT2D eigenvalue weighted by atomic mass is 16.5. The monoisotopic (exact) mass is 238 g/mol. The van der Waals surface area contributed by atoms with Crippen molar-refractivity contribution in [3.63, 3.8) is 0 Å². The number of amides is 1. The number of nitrogens with two attached hydrogens (primary N) is 1. The van der Waals surface area contributed by atoms with Gasteiger partial charge in [-0.2, -0.15) is 0 Å². The van der Waals surface area contributed by atoms with Crippen molar-refractivity contribution >= 4 is 11.6 Å². The zero-order chi connectivity index (χ0) is 12.8. The molecule has 0 aliphatic carbocycles. The van der Waals surface area contributed by atoms with Crippen LogP contribution in [0.4, 0.5) is 5.69 Å². The number of ether oxygens (including phenoxy) is 2. The molecule has 94 valence electrons. The standard InChI is InChI=1S/C12H18N2O3/c1-8(16-2)7-14-12(15)9-4-5-10(13)11(6-9)17-3/h4-6,8H,7,13H2,1-3H3,(H,14,15).